The van der Waals surface area contributed by atoms with Gasteiger partial charge >= 0.3 is 0 Å². The van der Waals surface area contributed by atoms with Gasteiger partial charge in [-0.1, -0.05) is 0 Å². The van der Waals surface area contributed by atoms with E-state index in [1.807, 2.05) is 0 Å². The molecule has 0 saturated heterocycles. The summed E-state index contributed by atoms with van der Waals surface area (Å²) < 4.78 is 0. The van der Waals surface area contributed by atoms with Crippen LogP contribution in [-0.2, 0) is 6.54 Å². The molecule has 0 bridgehead atoms. The highest BCUT2D eigenvalue weighted by molar-refractivity contribution is 7.14. The lowest BCUT2D eigenvalue weighted by molar-refractivity contribution is 1.04. The molecule has 0 spiro atoms. The quantitative estimate of drug-likeness (QED) is 0.827. The maximum atomic E-state index is 5.51. The highest BCUT2D eigenvalue weighted by Gasteiger charge is 2.06. The molecule has 0 fully saturated rings. The van der Waals surface area contributed by atoms with Crippen LogP contribution in [-0.4, -0.2) is 4.98 Å². The van der Waals surface area contributed by atoms with Crippen LogP contribution in [0.1, 0.15) is 10.6 Å². The molecular weight excluding hydrogens is 200 g/mol. The van der Waals surface area contributed by atoms with Gasteiger partial charge in [-0.3, -0.25) is 0 Å². The highest BCUT2D eigenvalue weighted by atomic mass is 32.1. The van der Waals surface area contributed by atoms with E-state index in [9.17, 15) is 0 Å². The summed E-state index contributed by atoms with van der Waals surface area (Å²) in [4.78, 5) is 5.70. The molecule has 2 rings (SSSR count). The first-order chi connectivity index (χ1) is 6.31. The molecule has 0 radical (unpaired) electrons. The van der Waals surface area contributed by atoms with Crippen LogP contribution in [0.4, 0.5) is 0 Å². The van der Waals surface area contributed by atoms with Crippen molar-refractivity contribution in [3.05, 3.63) is 27.4 Å². The fourth-order valence-electron chi connectivity index (χ4n) is 1.14. The molecule has 0 aliphatic heterocycles. The minimum Gasteiger partial charge on any atom is -0.325 e. The predicted octanol–water partition coefficient (Wildman–Crippen LogP) is 2.64. The van der Waals surface area contributed by atoms with Crippen molar-refractivity contribution >= 4 is 22.7 Å². The minimum atomic E-state index is 0.537. The Morgan fingerprint density at radius 2 is 2.31 bits per heavy atom. The van der Waals surface area contributed by atoms with Gasteiger partial charge < -0.3 is 5.73 Å². The van der Waals surface area contributed by atoms with Crippen molar-refractivity contribution in [1.29, 1.82) is 0 Å². The summed E-state index contributed by atoms with van der Waals surface area (Å²) in [6.45, 7) is 2.64. The first kappa shape index (κ1) is 8.87. The van der Waals surface area contributed by atoms with Gasteiger partial charge in [-0.2, -0.15) is 0 Å². The molecule has 68 valence electrons. The van der Waals surface area contributed by atoms with Crippen LogP contribution in [0.25, 0.3) is 10.6 Å². The van der Waals surface area contributed by atoms with E-state index in [0.717, 1.165) is 10.7 Å². The molecule has 0 saturated carbocycles. The highest BCUT2D eigenvalue weighted by Crippen LogP contribution is 2.29. The third-order valence-electron chi connectivity index (χ3n) is 1.82. The van der Waals surface area contributed by atoms with Crippen LogP contribution in [0.15, 0.2) is 16.8 Å². The Hall–Kier alpha value is -0.710. The van der Waals surface area contributed by atoms with Crippen molar-refractivity contribution in [2.24, 2.45) is 5.73 Å². The number of aryl methyl sites for hydroxylation is 1. The van der Waals surface area contributed by atoms with E-state index in [4.69, 9.17) is 5.73 Å². The van der Waals surface area contributed by atoms with Crippen LogP contribution in [0, 0.1) is 6.92 Å². The average molecular weight is 210 g/mol. The summed E-state index contributed by atoms with van der Waals surface area (Å²) in [5.41, 5.74) is 7.86. The lowest BCUT2D eigenvalue weighted by atomic mass is 10.2. The van der Waals surface area contributed by atoms with Crippen molar-refractivity contribution in [2.75, 3.05) is 0 Å². The first-order valence-corrected chi connectivity index (χ1v) is 5.76. The molecule has 0 aliphatic rings. The lowest BCUT2D eigenvalue weighted by Crippen LogP contribution is -1.94. The lowest BCUT2D eigenvalue weighted by Gasteiger charge is -1.92. The van der Waals surface area contributed by atoms with Gasteiger partial charge in [-0.15, -0.1) is 22.7 Å². The van der Waals surface area contributed by atoms with Crippen LogP contribution < -0.4 is 5.73 Å². The van der Waals surface area contributed by atoms with E-state index in [0.29, 0.717) is 6.54 Å². The number of nitrogens with two attached hydrogens (primary N) is 1. The normalized spacial score (nSPS) is 10.6. The van der Waals surface area contributed by atoms with Crippen LogP contribution in [0.3, 0.4) is 0 Å². The van der Waals surface area contributed by atoms with E-state index in [1.54, 1.807) is 22.7 Å². The van der Waals surface area contributed by atoms with Crippen LogP contribution >= 0.6 is 22.7 Å². The van der Waals surface area contributed by atoms with Crippen molar-refractivity contribution < 1.29 is 0 Å². The summed E-state index contributed by atoms with van der Waals surface area (Å²) in [6.07, 6.45) is 0. The summed E-state index contributed by atoms with van der Waals surface area (Å²) in [7, 11) is 0. The Balaban J connectivity index is 2.41. The Morgan fingerprint density at radius 1 is 1.46 bits per heavy atom. The zero-order valence-electron chi connectivity index (χ0n) is 7.28. The average Bonchev–Trinajstić information content (AvgIpc) is 2.71. The van der Waals surface area contributed by atoms with E-state index in [2.05, 4.69) is 28.7 Å². The molecule has 2 N–H and O–H groups in total. The molecule has 0 aromatic carbocycles. The van der Waals surface area contributed by atoms with Crippen molar-refractivity contribution in [1.82, 2.24) is 4.98 Å². The van der Waals surface area contributed by atoms with Gasteiger partial charge in [0.2, 0.25) is 0 Å². The number of aromatic nitrogens is 1. The number of thiophene rings is 1. The summed E-state index contributed by atoms with van der Waals surface area (Å²) in [5.74, 6) is 0. The first-order valence-electron chi connectivity index (χ1n) is 4.00. The second-order valence-corrected chi connectivity index (χ2v) is 4.62. The van der Waals surface area contributed by atoms with E-state index < -0.39 is 0 Å². The molecule has 4 heteroatoms. The van der Waals surface area contributed by atoms with E-state index >= 15 is 0 Å². The Morgan fingerprint density at radius 3 is 2.85 bits per heavy atom. The van der Waals surface area contributed by atoms with Gasteiger partial charge in [0.25, 0.3) is 0 Å². The largest absolute Gasteiger partial charge is 0.325 e. The molecule has 2 heterocycles. The monoisotopic (exact) mass is 210 g/mol. The van der Waals surface area contributed by atoms with Gasteiger partial charge in [-0.05, 0) is 23.9 Å². The molecular formula is C9H10N2S2. The molecule has 2 nitrogen and oxygen atoms in total. The maximum absolute atomic E-state index is 5.51. The van der Waals surface area contributed by atoms with Gasteiger partial charge in [0.15, 0.2) is 0 Å². The number of rotatable bonds is 2. The fourth-order valence-corrected chi connectivity index (χ4v) is 2.77. The third-order valence-corrected chi connectivity index (χ3v) is 3.73. The minimum absolute atomic E-state index is 0.537. The molecule has 0 unspecified atom stereocenters. The smallest absolute Gasteiger partial charge is 0.107 e. The number of hydrogen-bond donors (Lipinski definition) is 1. The topological polar surface area (TPSA) is 38.9 Å². The number of hydrogen-bond acceptors (Lipinski definition) is 4. The zero-order valence-corrected chi connectivity index (χ0v) is 8.91. The number of nitrogens with zero attached hydrogens (tertiary/aromatic N) is 1. The summed E-state index contributed by atoms with van der Waals surface area (Å²) in [6, 6.07) is 2.11. The van der Waals surface area contributed by atoms with Crippen molar-refractivity contribution in [2.45, 2.75) is 13.5 Å². The third kappa shape index (κ3) is 1.65. The second kappa shape index (κ2) is 3.57. The SMILES string of the molecule is Cc1ccsc1-c1csc(CN)n1. The van der Waals surface area contributed by atoms with Crippen molar-refractivity contribution in [3.8, 4) is 10.6 Å². The molecule has 0 aliphatic carbocycles. The number of thiazole rings is 1. The molecule has 13 heavy (non-hydrogen) atoms. The zero-order chi connectivity index (χ0) is 9.26. The second-order valence-electron chi connectivity index (χ2n) is 2.76. The van der Waals surface area contributed by atoms with E-state index in [-0.39, 0.29) is 0 Å². The predicted molar refractivity (Wildman–Crippen MR) is 58.1 cm³/mol. The maximum Gasteiger partial charge on any atom is 0.107 e. The van der Waals surface area contributed by atoms with Crippen LogP contribution in [0.5, 0.6) is 0 Å². The van der Waals surface area contributed by atoms with Gasteiger partial charge in [0.05, 0.1) is 10.6 Å². The van der Waals surface area contributed by atoms with Gasteiger partial charge in [-0.25, -0.2) is 4.98 Å². The fraction of sp³-hybridized carbons (Fsp3) is 0.222. The molecule has 2 aromatic rings. The standard InChI is InChI=1S/C9H10N2S2/c1-6-2-3-12-9(6)7-5-13-8(4-10)11-7/h2-3,5H,4,10H2,1H3. The van der Waals surface area contributed by atoms with E-state index in [1.165, 1.54) is 10.4 Å². The van der Waals surface area contributed by atoms with Gasteiger partial charge in [0.1, 0.15) is 5.01 Å². The van der Waals surface area contributed by atoms with Crippen molar-refractivity contribution in [3.63, 3.8) is 0 Å². The Kier molecular flexibility index (Phi) is 2.44. The molecule has 2 aromatic heterocycles. The summed E-state index contributed by atoms with van der Waals surface area (Å²) in [5, 5.41) is 5.16. The summed E-state index contributed by atoms with van der Waals surface area (Å²) >= 11 is 3.36. The Labute approximate surface area is 85.1 Å². The Bertz CT molecular complexity index is 403. The molecule has 0 amide bonds. The molecule has 0 atom stereocenters. The van der Waals surface area contributed by atoms with Gasteiger partial charge in [0, 0.05) is 11.9 Å². The van der Waals surface area contributed by atoms with Crippen LogP contribution in [0.2, 0.25) is 0 Å².